The Morgan fingerprint density at radius 2 is 1.43 bits per heavy atom. The lowest BCUT2D eigenvalue weighted by Crippen LogP contribution is -2.45. The number of nitrogens with one attached hydrogen (secondary N) is 1. The molecule has 0 bridgehead atoms. The highest BCUT2D eigenvalue weighted by Gasteiger charge is 2.28. The first-order valence-corrected chi connectivity index (χ1v) is 9.06. The van der Waals surface area contributed by atoms with E-state index in [1.54, 1.807) is 0 Å². The largest absolute Gasteiger partial charge is 0.297 e. The van der Waals surface area contributed by atoms with Crippen molar-refractivity contribution in [1.82, 2.24) is 10.3 Å². The molecule has 2 rings (SSSR count). The summed E-state index contributed by atoms with van der Waals surface area (Å²) in [6.07, 6.45) is 16.7. The van der Waals surface area contributed by atoms with Crippen molar-refractivity contribution in [3.63, 3.8) is 0 Å². The van der Waals surface area contributed by atoms with Gasteiger partial charge in [-0.3, -0.25) is 15.1 Å². The third-order valence-electron chi connectivity index (χ3n) is 5.32. The number of nitrogens with zero attached hydrogens (tertiary/aromatic N) is 1. The lowest BCUT2D eigenvalue weighted by Gasteiger charge is -2.41. The van der Waals surface area contributed by atoms with Crippen LogP contribution in [0.1, 0.15) is 83.5 Å². The molecule has 2 aliphatic rings. The van der Waals surface area contributed by atoms with Crippen LogP contribution in [0.25, 0.3) is 0 Å². The second-order valence-electron chi connectivity index (χ2n) is 6.85. The third kappa shape index (κ3) is 5.59. The molecule has 0 saturated heterocycles. The molecule has 1 amide bonds. The van der Waals surface area contributed by atoms with E-state index in [1.165, 1.54) is 70.8 Å². The summed E-state index contributed by atoms with van der Waals surface area (Å²) in [5.41, 5.74) is 2.23. The minimum absolute atomic E-state index is 0.0307. The highest BCUT2D eigenvalue weighted by molar-refractivity contribution is 5.75. The van der Waals surface area contributed by atoms with Gasteiger partial charge in [-0.25, -0.2) is 5.84 Å². The molecule has 0 aliphatic heterocycles. The highest BCUT2D eigenvalue weighted by Crippen LogP contribution is 2.30. The lowest BCUT2D eigenvalue weighted by molar-refractivity contribution is -0.121. The van der Waals surface area contributed by atoms with Crippen LogP contribution in [0.2, 0.25) is 0 Å². The topological polar surface area (TPSA) is 58.4 Å². The van der Waals surface area contributed by atoms with Gasteiger partial charge in [-0.15, -0.1) is 0 Å². The first-order chi connectivity index (χ1) is 10.3. The molecular formula is C17H33N3O. The molecule has 3 N–H and O–H groups in total. The van der Waals surface area contributed by atoms with Crippen molar-refractivity contribution in [2.24, 2.45) is 5.84 Å². The molecule has 0 aromatic rings. The van der Waals surface area contributed by atoms with E-state index in [0.717, 1.165) is 24.9 Å². The van der Waals surface area contributed by atoms with Crippen LogP contribution in [0.4, 0.5) is 0 Å². The molecule has 4 nitrogen and oxygen atoms in total. The Labute approximate surface area is 129 Å². The van der Waals surface area contributed by atoms with Gasteiger partial charge in [0, 0.05) is 18.5 Å². The Balaban J connectivity index is 1.80. The fourth-order valence-electron chi connectivity index (χ4n) is 4.14. The van der Waals surface area contributed by atoms with Gasteiger partial charge in [-0.2, -0.15) is 0 Å². The molecule has 0 spiro atoms. The monoisotopic (exact) mass is 295 g/mol. The van der Waals surface area contributed by atoms with Gasteiger partial charge >= 0.3 is 0 Å². The first-order valence-electron chi connectivity index (χ1n) is 9.06. The van der Waals surface area contributed by atoms with E-state index in [1.807, 2.05) is 0 Å². The standard InChI is InChI=1S/C17H33N3O/c18-19-17(21)13-7-8-14-20(15-9-3-1-4-10-15)16-11-5-2-6-12-16/h15-16H,1-14,18H2,(H,19,21). The van der Waals surface area contributed by atoms with Gasteiger partial charge in [0.2, 0.25) is 5.91 Å². The van der Waals surface area contributed by atoms with Crippen LogP contribution in [0.5, 0.6) is 0 Å². The second kappa shape index (κ2) is 9.42. The number of unbranched alkanes of at least 4 members (excludes halogenated alkanes) is 1. The Hall–Kier alpha value is -0.610. The summed E-state index contributed by atoms with van der Waals surface area (Å²) < 4.78 is 0. The van der Waals surface area contributed by atoms with E-state index in [-0.39, 0.29) is 5.91 Å². The maximum Gasteiger partial charge on any atom is 0.233 e. The molecule has 0 atom stereocenters. The summed E-state index contributed by atoms with van der Waals surface area (Å²) in [6.45, 7) is 1.17. The molecular weight excluding hydrogens is 262 g/mol. The number of hydrazine groups is 1. The summed E-state index contributed by atoms with van der Waals surface area (Å²) in [6, 6.07) is 1.62. The fraction of sp³-hybridized carbons (Fsp3) is 0.941. The fourth-order valence-corrected chi connectivity index (χ4v) is 4.14. The molecule has 122 valence electrons. The number of nitrogens with two attached hydrogens (primary N) is 1. The Morgan fingerprint density at radius 1 is 0.905 bits per heavy atom. The van der Waals surface area contributed by atoms with Gasteiger partial charge in [0.1, 0.15) is 0 Å². The number of amides is 1. The van der Waals surface area contributed by atoms with Crippen molar-refractivity contribution in [3.05, 3.63) is 0 Å². The molecule has 4 heteroatoms. The lowest BCUT2D eigenvalue weighted by atomic mass is 9.88. The number of carbonyl (C=O) groups excluding carboxylic acids is 1. The minimum Gasteiger partial charge on any atom is -0.297 e. The first kappa shape index (κ1) is 16.8. The molecule has 0 aromatic heterocycles. The summed E-state index contributed by atoms with van der Waals surface area (Å²) >= 11 is 0. The van der Waals surface area contributed by atoms with Crippen LogP contribution in [0.15, 0.2) is 0 Å². The third-order valence-corrected chi connectivity index (χ3v) is 5.32. The molecule has 0 radical (unpaired) electrons. The van der Waals surface area contributed by atoms with Crippen LogP contribution in [-0.4, -0.2) is 29.4 Å². The van der Waals surface area contributed by atoms with Gasteiger partial charge in [-0.1, -0.05) is 38.5 Å². The molecule has 0 unspecified atom stereocenters. The maximum atomic E-state index is 11.2. The zero-order valence-electron chi connectivity index (χ0n) is 13.5. The quantitative estimate of drug-likeness (QED) is 0.328. The summed E-state index contributed by atoms with van der Waals surface area (Å²) in [5, 5.41) is 0. The van der Waals surface area contributed by atoms with E-state index < -0.39 is 0 Å². The van der Waals surface area contributed by atoms with Crippen LogP contribution in [0.3, 0.4) is 0 Å². The van der Waals surface area contributed by atoms with Crippen molar-refractivity contribution in [1.29, 1.82) is 0 Å². The molecule has 21 heavy (non-hydrogen) atoms. The zero-order valence-corrected chi connectivity index (χ0v) is 13.5. The number of carbonyl (C=O) groups is 1. The van der Waals surface area contributed by atoms with Gasteiger partial charge < -0.3 is 0 Å². The molecule has 2 aliphatic carbocycles. The second-order valence-corrected chi connectivity index (χ2v) is 6.85. The van der Waals surface area contributed by atoms with E-state index in [4.69, 9.17) is 5.84 Å². The van der Waals surface area contributed by atoms with Crippen LogP contribution < -0.4 is 11.3 Å². The van der Waals surface area contributed by atoms with E-state index >= 15 is 0 Å². The van der Waals surface area contributed by atoms with E-state index in [2.05, 4.69) is 10.3 Å². The summed E-state index contributed by atoms with van der Waals surface area (Å²) in [7, 11) is 0. The van der Waals surface area contributed by atoms with Crippen molar-refractivity contribution in [3.8, 4) is 0 Å². The smallest absolute Gasteiger partial charge is 0.233 e. The van der Waals surface area contributed by atoms with Gasteiger partial charge in [0.15, 0.2) is 0 Å². The van der Waals surface area contributed by atoms with Crippen molar-refractivity contribution >= 4 is 5.91 Å². The van der Waals surface area contributed by atoms with Gasteiger partial charge in [0.25, 0.3) is 0 Å². The van der Waals surface area contributed by atoms with E-state index in [9.17, 15) is 4.79 Å². The normalized spacial score (nSPS) is 21.6. The van der Waals surface area contributed by atoms with Crippen LogP contribution >= 0.6 is 0 Å². The molecule has 2 fully saturated rings. The number of hydrogen-bond acceptors (Lipinski definition) is 3. The Bertz CT molecular complexity index is 278. The summed E-state index contributed by atoms with van der Waals surface area (Å²) in [4.78, 5) is 14.0. The SMILES string of the molecule is NNC(=O)CCCCN(C1CCCCC1)C1CCCCC1. The minimum atomic E-state index is -0.0307. The Kier molecular flexibility index (Phi) is 7.51. The summed E-state index contributed by atoms with van der Waals surface area (Å²) in [5.74, 6) is 5.11. The van der Waals surface area contributed by atoms with Crippen LogP contribution in [0, 0.1) is 0 Å². The predicted octanol–water partition coefficient (Wildman–Crippen LogP) is 3.11. The number of hydrogen-bond donors (Lipinski definition) is 2. The molecule has 0 aromatic carbocycles. The predicted molar refractivity (Wildman–Crippen MR) is 86.6 cm³/mol. The zero-order chi connectivity index (χ0) is 14.9. The van der Waals surface area contributed by atoms with Crippen molar-refractivity contribution in [2.75, 3.05) is 6.54 Å². The van der Waals surface area contributed by atoms with Gasteiger partial charge in [-0.05, 0) is 45.1 Å². The average molecular weight is 295 g/mol. The van der Waals surface area contributed by atoms with Gasteiger partial charge in [0.05, 0.1) is 0 Å². The maximum absolute atomic E-state index is 11.2. The van der Waals surface area contributed by atoms with Crippen LogP contribution in [-0.2, 0) is 4.79 Å². The van der Waals surface area contributed by atoms with Crippen molar-refractivity contribution in [2.45, 2.75) is 95.6 Å². The molecule has 2 saturated carbocycles. The average Bonchev–Trinajstić information content (AvgIpc) is 2.56. The molecule has 0 heterocycles. The highest BCUT2D eigenvalue weighted by atomic mass is 16.2. The number of rotatable bonds is 7. The van der Waals surface area contributed by atoms with Crippen molar-refractivity contribution < 1.29 is 4.79 Å². The Morgan fingerprint density at radius 3 is 1.90 bits per heavy atom. The van der Waals surface area contributed by atoms with E-state index in [0.29, 0.717) is 6.42 Å².